The monoisotopic (exact) mass is 379 g/mol. The van der Waals surface area contributed by atoms with E-state index < -0.39 is 0 Å². The number of alkyl halides is 1. The Morgan fingerprint density at radius 1 is 1.36 bits per heavy atom. The first kappa shape index (κ1) is 18.2. The minimum absolute atomic E-state index is 0.150. The van der Waals surface area contributed by atoms with Crippen LogP contribution in [-0.4, -0.2) is 30.0 Å². The van der Waals surface area contributed by atoms with Crippen molar-refractivity contribution in [3.63, 3.8) is 0 Å². The number of thiazole rings is 1. The summed E-state index contributed by atoms with van der Waals surface area (Å²) < 4.78 is 10.8. The molecular formula is C19H22ClNO3S. The molecule has 4 nitrogen and oxygen atoms in total. The van der Waals surface area contributed by atoms with Gasteiger partial charge in [0.2, 0.25) is 0 Å². The molecule has 1 unspecified atom stereocenters. The molecule has 0 radical (unpaired) electrons. The highest BCUT2D eigenvalue weighted by Gasteiger charge is 2.31. The summed E-state index contributed by atoms with van der Waals surface area (Å²) in [5, 5.41) is 0.952. The molecule has 1 aliphatic rings. The third-order valence-electron chi connectivity index (χ3n) is 4.17. The second-order valence-electron chi connectivity index (χ2n) is 5.94. The fraction of sp³-hybridized carbons (Fsp3) is 0.474. The zero-order valence-corrected chi connectivity index (χ0v) is 15.9. The van der Waals surface area contributed by atoms with Gasteiger partial charge in [-0.3, -0.25) is 4.79 Å². The summed E-state index contributed by atoms with van der Waals surface area (Å²) in [6.07, 6.45) is 3.65. The lowest BCUT2D eigenvalue weighted by Crippen LogP contribution is -2.20. The van der Waals surface area contributed by atoms with Crippen molar-refractivity contribution in [1.29, 1.82) is 0 Å². The normalized spacial score (nSPS) is 16.3. The molecule has 0 saturated heterocycles. The van der Waals surface area contributed by atoms with Gasteiger partial charge in [0, 0.05) is 16.3 Å². The van der Waals surface area contributed by atoms with Crippen molar-refractivity contribution in [2.24, 2.45) is 0 Å². The Balaban J connectivity index is 1.77. The van der Waals surface area contributed by atoms with E-state index in [0.717, 1.165) is 47.7 Å². The van der Waals surface area contributed by atoms with Crippen molar-refractivity contribution >= 4 is 28.9 Å². The van der Waals surface area contributed by atoms with Crippen LogP contribution in [0, 0.1) is 0 Å². The molecule has 0 bridgehead atoms. The summed E-state index contributed by atoms with van der Waals surface area (Å²) in [7, 11) is 0. The van der Waals surface area contributed by atoms with E-state index in [2.05, 4.69) is 0 Å². The van der Waals surface area contributed by atoms with E-state index in [9.17, 15) is 4.79 Å². The predicted octanol–water partition coefficient (Wildman–Crippen LogP) is 4.80. The number of carbonyl (C=O) groups is 1. The van der Waals surface area contributed by atoms with E-state index in [1.165, 1.54) is 4.88 Å². The maximum Gasteiger partial charge on any atom is 0.315 e. The average molecular weight is 380 g/mol. The van der Waals surface area contributed by atoms with Crippen LogP contribution >= 0.6 is 22.9 Å². The van der Waals surface area contributed by atoms with Crippen molar-refractivity contribution in [2.75, 3.05) is 19.1 Å². The Hall–Kier alpha value is -1.59. The van der Waals surface area contributed by atoms with E-state index in [1.807, 2.05) is 31.2 Å². The molecule has 0 amide bonds. The number of rotatable bonds is 7. The number of nitrogens with zero attached hydrogens (tertiary/aromatic N) is 1. The molecule has 2 aromatic rings. The summed E-state index contributed by atoms with van der Waals surface area (Å²) in [6.45, 7) is 2.87. The zero-order chi connectivity index (χ0) is 17.6. The highest BCUT2D eigenvalue weighted by Crippen LogP contribution is 2.39. The highest BCUT2D eigenvalue weighted by molar-refractivity contribution is 7.15. The quantitative estimate of drug-likeness (QED) is 0.394. The Labute approximate surface area is 157 Å². The summed E-state index contributed by atoms with van der Waals surface area (Å²) >= 11 is 7.33. The van der Waals surface area contributed by atoms with Crippen LogP contribution in [0.25, 0.3) is 10.6 Å². The smallest absolute Gasteiger partial charge is 0.315 e. The largest absolute Gasteiger partial charge is 0.494 e. The standard InChI is InChI=1S/C19H22ClNO3S/c1-2-23-19(22)15-5-3-6-16-17(15)21-18(25-16)13-7-9-14(10-8-13)24-12-4-11-20/h7-10,15H,2-6,11-12H2,1H3. The Morgan fingerprint density at radius 2 is 2.16 bits per heavy atom. The summed E-state index contributed by atoms with van der Waals surface area (Å²) in [5.74, 6) is 1.07. The van der Waals surface area contributed by atoms with E-state index in [1.54, 1.807) is 11.3 Å². The van der Waals surface area contributed by atoms with E-state index in [4.69, 9.17) is 26.1 Å². The topological polar surface area (TPSA) is 48.4 Å². The first-order valence-electron chi connectivity index (χ1n) is 8.68. The van der Waals surface area contributed by atoms with Crippen LogP contribution in [0.2, 0.25) is 0 Å². The predicted molar refractivity (Wildman–Crippen MR) is 101 cm³/mol. The summed E-state index contributed by atoms with van der Waals surface area (Å²) in [4.78, 5) is 18.2. The Kier molecular flexibility index (Phi) is 6.32. The lowest BCUT2D eigenvalue weighted by Gasteiger charge is -2.19. The second kappa shape index (κ2) is 8.68. The Morgan fingerprint density at radius 3 is 2.88 bits per heavy atom. The number of esters is 1. The molecule has 1 heterocycles. The van der Waals surface area contributed by atoms with Crippen LogP contribution < -0.4 is 4.74 Å². The van der Waals surface area contributed by atoms with Gasteiger partial charge < -0.3 is 9.47 Å². The third kappa shape index (κ3) is 4.33. The fourth-order valence-electron chi connectivity index (χ4n) is 2.95. The lowest BCUT2D eigenvalue weighted by molar-refractivity contribution is -0.145. The van der Waals surface area contributed by atoms with Gasteiger partial charge >= 0.3 is 5.97 Å². The van der Waals surface area contributed by atoms with Crippen molar-refractivity contribution in [3.8, 4) is 16.3 Å². The number of benzene rings is 1. The van der Waals surface area contributed by atoms with Crippen molar-refractivity contribution in [2.45, 2.75) is 38.5 Å². The molecule has 1 atom stereocenters. The molecule has 0 spiro atoms. The molecule has 1 aromatic carbocycles. The van der Waals surface area contributed by atoms with Crippen LogP contribution in [0.5, 0.6) is 5.75 Å². The molecule has 0 fully saturated rings. The van der Waals surface area contributed by atoms with Crippen LogP contribution in [0.1, 0.15) is 42.7 Å². The molecule has 3 rings (SSSR count). The fourth-order valence-corrected chi connectivity index (χ4v) is 4.23. The number of aromatic nitrogens is 1. The lowest BCUT2D eigenvalue weighted by atomic mass is 9.91. The van der Waals surface area contributed by atoms with Gasteiger partial charge in [0.1, 0.15) is 16.7 Å². The number of fused-ring (bicyclic) bond motifs is 1. The van der Waals surface area contributed by atoms with Gasteiger partial charge in [-0.05, 0) is 56.9 Å². The molecule has 1 aromatic heterocycles. The van der Waals surface area contributed by atoms with Gasteiger partial charge in [-0.25, -0.2) is 4.98 Å². The van der Waals surface area contributed by atoms with Crippen molar-refractivity contribution in [1.82, 2.24) is 4.98 Å². The highest BCUT2D eigenvalue weighted by atomic mass is 35.5. The number of aryl methyl sites for hydroxylation is 1. The minimum Gasteiger partial charge on any atom is -0.494 e. The van der Waals surface area contributed by atoms with Gasteiger partial charge in [-0.1, -0.05) is 0 Å². The molecule has 0 N–H and O–H groups in total. The van der Waals surface area contributed by atoms with Gasteiger partial charge in [-0.2, -0.15) is 0 Å². The zero-order valence-electron chi connectivity index (χ0n) is 14.3. The number of hydrogen-bond donors (Lipinski definition) is 0. The second-order valence-corrected chi connectivity index (χ2v) is 7.40. The van der Waals surface area contributed by atoms with Crippen LogP contribution in [-0.2, 0) is 16.0 Å². The van der Waals surface area contributed by atoms with E-state index in [-0.39, 0.29) is 11.9 Å². The molecule has 6 heteroatoms. The molecule has 0 aliphatic heterocycles. The van der Waals surface area contributed by atoms with Crippen molar-refractivity contribution in [3.05, 3.63) is 34.8 Å². The van der Waals surface area contributed by atoms with Gasteiger partial charge in [0.25, 0.3) is 0 Å². The molecular weight excluding hydrogens is 358 g/mol. The summed E-state index contributed by atoms with van der Waals surface area (Å²) in [6, 6.07) is 7.93. The number of carbonyl (C=O) groups excluding carboxylic acids is 1. The molecule has 1 aliphatic carbocycles. The minimum atomic E-state index is -0.216. The molecule has 25 heavy (non-hydrogen) atoms. The maximum absolute atomic E-state index is 12.2. The molecule has 134 valence electrons. The van der Waals surface area contributed by atoms with Crippen LogP contribution in [0.3, 0.4) is 0 Å². The van der Waals surface area contributed by atoms with Gasteiger partial charge in [0.15, 0.2) is 0 Å². The summed E-state index contributed by atoms with van der Waals surface area (Å²) in [5.41, 5.74) is 1.96. The number of halogens is 1. The van der Waals surface area contributed by atoms with Gasteiger partial charge in [-0.15, -0.1) is 22.9 Å². The first-order chi connectivity index (χ1) is 12.2. The average Bonchev–Trinajstić information content (AvgIpc) is 3.07. The van der Waals surface area contributed by atoms with Gasteiger partial charge in [0.05, 0.1) is 18.9 Å². The van der Waals surface area contributed by atoms with E-state index >= 15 is 0 Å². The Bertz CT molecular complexity index is 714. The SMILES string of the molecule is CCOC(=O)C1CCCc2sc(-c3ccc(OCCCCl)cc3)nc21. The van der Waals surface area contributed by atoms with Crippen LogP contribution in [0.15, 0.2) is 24.3 Å². The van der Waals surface area contributed by atoms with E-state index in [0.29, 0.717) is 19.1 Å². The van der Waals surface area contributed by atoms with Crippen molar-refractivity contribution < 1.29 is 14.3 Å². The number of ether oxygens (including phenoxy) is 2. The van der Waals surface area contributed by atoms with Crippen LogP contribution in [0.4, 0.5) is 0 Å². The molecule has 0 saturated carbocycles. The maximum atomic E-state index is 12.2. The first-order valence-corrected chi connectivity index (χ1v) is 10.0. The third-order valence-corrected chi connectivity index (χ3v) is 5.62. The number of hydrogen-bond acceptors (Lipinski definition) is 5.